The van der Waals surface area contributed by atoms with Gasteiger partial charge in [0.1, 0.15) is 23.3 Å². The van der Waals surface area contributed by atoms with Crippen LogP contribution in [0.2, 0.25) is 0 Å². The molecular weight excluding hydrogens is 406 g/mol. The van der Waals surface area contributed by atoms with Crippen molar-refractivity contribution in [1.82, 2.24) is 4.98 Å². The molecule has 6 heteroatoms. The van der Waals surface area contributed by atoms with Gasteiger partial charge in [-0.05, 0) is 62.8 Å². The summed E-state index contributed by atoms with van der Waals surface area (Å²) in [5.41, 5.74) is 3.52. The van der Waals surface area contributed by atoms with Gasteiger partial charge >= 0.3 is 5.97 Å². The smallest absolute Gasteiger partial charge is 0.355 e. The third-order valence-corrected chi connectivity index (χ3v) is 6.90. The van der Waals surface area contributed by atoms with E-state index in [0.717, 1.165) is 48.4 Å². The Morgan fingerprint density at radius 2 is 1.72 bits per heavy atom. The van der Waals surface area contributed by atoms with Gasteiger partial charge in [0, 0.05) is 29.2 Å². The zero-order valence-corrected chi connectivity index (χ0v) is 19.3. The predicted molar refractivity (Wildman–Crippen MR) is 122 cm³/mol. The van der Waals surface area contributed by atoms with Crippen LogP contribution in [0.25, 0.3) is 0 Å². The van der Waals surface area contributed by atoms with Crippen LogP contribution in [-0.4, -0.2) is 37.1 Å². The Balaban J connectivity index is 1.57. The first-order valence-corrected chi connectivity index (χ1v) is 11.7. The van der Waals surface area contributed by atoms with Gasteiger partial charge in [-0.2, -0.15) is 0 Å². The fourth-order valence-corrected chi connectivity index (χ4v) is 5.16. The standard InChI is InChI=1S/C26H33NO5/c1-16-24-21(27-25(16)26(29)32-18-9-7-5-4-6-8-10-18)13-17(14-22(24)28)20-15-19(30-2)11-12-23(20)31-3/h11-12,15,17-18,27H,4-10,13-14H2,1-3H3/t17-/m0/s1. The third kappa shape index (κ3) is 4.54. The largest absolute Gasteiger partial charge is 0.497 e. The number of hydrogen-bond donors (Lipinski definition) is 1. The van der Waals surface area contributed by atoms with Crippen LogP contribution in [0.3, 0.4) is 0 Å². The number of carbonyl (C=O) groups is 2. The molecule has 4 rings (SSSR count). The molecule has 2 aliphatic rings. The van der Waals surface area contributed by atoms with E-state index in [1.807, 2.05) is 25.1 Å². The molecule has 172 valence electrons. The Hall–Kier alpha value is -2.76. The maximum Gasteiger partial charge on any atom is 0.355 e. The minimum Gasteiger partial charge on any atom is -0.497 e. The van der Waals surface area contributed by atoms with E-state index < -0.39 is 0 Å². The quantitative estimate of drug-likeness (QED) is 0.621. The second-order valence-electron chi connectivity index (χ2n) is 8.99. The molecule has 1 N–H and O–H groups in total. The molecule has 1 aromatic heterocycles. The van der Waals surface area contributed by atoms with Crippen LogP contribution in [0.1, 0.15) is 95.0 Å². The molecule has 1 atom stereocenters. The number of aromatic amines is 1. The first-order valence-electron chi connectivity index (χ1n) is 11.7. The average molecular weight is 440 g/mol. The summed E-state index contributed by atoms with van der Waals surface area (Å²) in [5, 5.41) is 0. The molecule has 0 spiro atoms. The average Bonchev–Trinajstić information content (AvgIpc) is 3.12. The molecule has 0 amide bonds. The molecule has 2 aromatic rings. The number of hydrogen-bond acceptors (Lipinski definition) is 5. The van der Waals surface area contributed by atoms with Crippen molar-refractivity contribution in [3.63, 3.8) is 0 Å². The molecule has 0 unspecified atom stereocenters. The van der Waals surface area contributed by atoms with E-state index in [9.17, 15) is 9.59 Å². The van der Waals surface area contributed by atoms with Gasteiger partial charge in [0.25, 0.3) is 0 Å². The van der Waals surface area contributed by atoms with Crippen LogP contribution >= 0.6 is 0 Å². The van der Waals surface area contributed by atoms with Crippen molar-refractivity contribution >= 4 is 11.8 Å². The van der Waals surface area contributed by atoms with Crippen molar-refractivity contribution in [1.29, 1.82) is 0 Å². The third-order valence-electron chi connectivity index (χ3n) is 6.90. The van der Waals surface area contributed by atoms with Crippen molar-refractivity contribution in [2.75, 3.05) is 14.2 Å². The molecule has 1 aromatic carbocycles. The minimum absolute atomic E-state index is 0.0352. The summed E-state index contributed by atoms with van der Waals surface area (Å²) in [6, 6.07) is 5.65. The first-order chi connectivity index (χ1) is 15.5. The molecule has 1 saturated carbocycles. The zero-order valence-electron chi connectivity index (χ0n) is 19.3. The van der Waals surface area contributed by atoms with Crippen LogP contribution in [-0.2, 0) is 11.2 Å². The normalized spacial score (nSPS) is 19.6. The SMILES string of the molecule is COc1ccc(OC)c([C@@H]2CC(=O)c3c([nH]c(C(=O)OC4CCCCCCC4)c3C)C2)c1. The second-order valence-corrected chi connectivity index (χ2v) is 8.99. The van der Waals surface area contributed by atoms with Crippen LogP contribution in [0, 0.1) is 6.92 Å². The Bertz CT molecular complexity index is 984. The van der Waals surface area contributed by atoms with Gasteiger partial charge in [0.05, 0.1) is 14.2 Å². The maximum atomic E-state index is 13.1. The number of aromatic nitrogens is 1. The first kappa shape index (κ1) is 22.4. The fourth-order valence-electron chi connectivity index (χ4n) is 5.16. The number of carbonyl (C=O) groups excluding carboxylic acids is 2. The summed E-state index contributed by atoms with van der Waals surface area (Å²) in [4.78, 5) is 29.3. The number of esters is 1. The van der Waals surface area contributed by atoms with E-state index in [2.05, 4.69) is 4.98 Å². The number of nitrogens with one attached hydrogen (secondary N) is 1. The van der Waals surface area contributed by atoms with Crippen LogP contribution in [0.5, 0.6) is 11.5 Å². The summed E-state index contributed by atoms with van der Waals surface area (Å²) in [6.45, 7) is 1.84. The maximum absolute atomic E-state index is 13.1. The number of Topliss-reactive ketones (excluding diaryl/α,β-unsaturated/α-hetero) is 1. The van der Waals surface area contributed by atoms with Gasteiger partial charge in [0.2, 0.25) is 0 Å². The summed E-state index contributed by atoms with van der Waals surface area (Å²) in [7, 11) is 3.25. The highest BCUT2D eigenvalue weighted by molar-refractivity contribution is 6.03. The summed E-state index contributed by atoms with van der Waals surface area (Å²) < 4.78 is 16.8. The van der Waals surface area contributed by atoms with E-state index in [-0.39, 0.29) is 23.8 Å². The van der Waals surface area contributed by atoms with Gasteiger partial charge in [-0.3, -0.25) is 4.79 Å². The Morgan fingerprint density at radius 1 is 1.00 bits per heavy atom. The van der Waals surface area contributed by atoms with Crippen LogP contribution in [0.4, 0.5) is 0 Å². The topological polar surface area (TPSA) is 77.6 Å². The molecule has 0 saturated heterocycles. The van der Waals surface area contributed by atoms with Crippen molar-refractivity contribution in [3.05, 3.63) is 46.3 Å². The van der Waals surface area contributed by atoms with Gasteiger partial charge in [-0.1, -0.05) is 19.3 Å². The molecule has 0 radical (unpaired) electrons. The monoisotopic (exact) mass is 439 g/mol. The number of methoxy groups -OCH3 is 2. The number of ketones is 1. The highest BCUT2D eigenvalue weighted by Gasteiger charge is 2.34. The number of fused-ring (bicyclic) bond motifs is 1. The van der Waals surface area contributed by atoms with Gasteiger partial charge < -0.3 is 19.2 Å². The molecule has 32 heavy (non-hydrogen) atoms. The van der Waals surface area contributed by atoms with Crippen molar-refractivity contribution in [3.8, 4) is 11.5 Å². The van der Waals surface area contributed by atoms with Crippen molar-refractivity contribution in [2.45, 2.75) is 76.7 Å². The highest BCUT2D eigenvalue weighted by Crippen LogP contribution is 2.40. The molecule has 0 bridgehead atoms. The van der Waals surface area contributed by atoms with E-state index in [0.29, 0.717) is 29.7 Å². The van der Waals surface area contributed by atoms with E-state index in [1.54, 1.807) is 14.2 Å². The zero-order chi connectivity index (χ0) is 22.7. The van der Waals surface area contributed by atoms with Crippen LogP contribution in [0.15, 0.2) is 18.2 Å². The number of benzene rings is 1. The van der Waals surface area contributed by atoms with Crippen molar-refractivity contribution < 1.29 is 23.8 Å². The van der Waals surface area contributed by atoms with E-state index >= 15 is 0 Å². The number of ether oxygens (including phenoxy) is 3. The summed E-state index contributed by atoms with van der Waals surface area (Å²) >= 11 is 0. The molecule has 1 heterocycles. The summed E-state index contributed by atoms with van der Waals surface area (Å²) in [5.74, 6) is 1.11. The molecule has 0 aliphatic heterocycles. The Kier molecular flexibility index (Phi) is 6.87. The van der Waals surface area contributed by atoms with Gasteiger partial charge in [0.15, 0.2) is 5.78 Å². The molecular formula is C26H33NO5. The lowest BCUT2D eigenvalue weighted by atomic mass is 9.81. The lowest BCUT2D eigenvalue weighted by molar-refractivity contribution is 0.0232. The lowest BCUT2D eigenvalue weighted by Crippen LogP contribution is -2.20. The van der Waals surface area contributed by atoms with Gasteiger partial charge in [-0.25, -0.2) is 4.79 Å². The molecule has 6 nitrogen and oxygen atoms in total. The predicted octanol–water partition coefficient (Wildman–Crippen LogP) is 5.52. The Labute approximate surface area is 189 Å². The van der Waals surface area contributed by atoms with Gasteiger partial charge in [-0.15, -0.1) is 0 Å². The second kappa shape index (κ2) is 9.80. The molecule has 2 aliphatic carbocycles. The fraction of sp³-hybridized carbons (Fsp3) is 0.538. The minimum atomic E-state index is -0.342. The van der Waals surface area contributed by atoms with E-state index in [4.69, 9.17) is 14.2 Å². The Morgan fingerprint density at radius 3 is 2.41 bits per heavy atom. The molecule has 1 fully saturated rings. The van der Waals surface area contributed by atoms with Crippen LogP contribution < -0.4 is 9.47 Å². The highest BCUT2D eigenvalue weighted by atomic mass is 16.5. The summed E-state index contributed by atoms with van der Waals surface area (Å²) in [6.07, 6.45) is 8.66. The van der Waals surface area contributed by atoms with Crippen molar-refractivity contribution in [2.24, 2.45) is 0 Å². The van der Waals surface area contributed by atoms with E-state index in [1.165, 1.54) is 19.3 Å². The lowest BCUT2D eigenvalue weighted by Gasteiger charge is -2.24. The number of rotatable bonds is 5. The number of H-pyrrole nitrogens is 1.